The minimum atomic E-state index is -3.90. The zero-order valence-corrected chi connectivity index (χ0v) is 23.6. The first-order valence-corrected chi connectivity index (χ1v) is 14.0. The monoisotopic (exact) mass is 533 g/mol. The Morgan fingerprint density at radius 1 is 1.03 bits per heavy atom. The van der Waals surface area contributed by atoms with Crippen LogP contribution in [0.15, 0.2) is 48.5 Å². The molecule has 204 valence electrons. The summed E-state index contributed by atoms with van der Waals surface area (Å²) in [5.41, 5.74) is 0.680. The van der Waals surface area contributed by atoms with Crippen LogP contribution in [0, 0.1) is 0 Å². The number of nitrogens with one attached hydrogen (secondary N) is 1. The maximum atomic E-state index is 13.8. The van der Waals surface area contributed by atoms with Crippen LogP contribution in [0.25, 0.3) is 0 Å². The van der Waals surface area contributed by atoms with Crippen molar-refractivity contribution in [2.45, 2.75) is 52.1 Å². The van der Waals surface area contributed by atoms with Crippen molar-refractivity contribution in [1.82, 2.24) is 10.2 Å². The third-order valence-corrected chi connectivity index (χ3v) is 6.83. The maximum Gasteiger partial charge on any atom is 0.244 e. The molecule has 0 aliphatic rings. The Labute approximate surface area is 220 Å². The summed E-state index contributed by atoms with van der Waals surface area (Å²) in [4.78, 5) is 28.5. The average Bonchev–Trinajstić information content (AvgIpc) is 2.83. The van der Waals surface area contributed by atoms with Gasteiger partial charge < -0.3 is 19.7 Å². The molecule has 2 amide bonds. The molecule has 1 N–H and O–H groups in total. The second-order valence-corrected chi connectivity index (χ2v) is 11.7. The summed E-state index contributed by atoms with van der Waals surface area (Å²) in [6.45, 7) is 7.17. The number of rotatable bonds is 12. The van der Waals surface area contributed by atoms with Crippen LogP contribution < -0.4 is 19.1 Å². The van der Waals surface area contributed by atoms with Gasteiger partial charge in [-0.1, -0.05) is 37.3 Å². The first-order valence-electron chi connectivity index (χ1n) is 12.2. The number of anilines is 1. The lowest BCUT2D eigenvalue weighted by atomic mass is 10.1. The average molecular weight is 534 g/mol. The van der Waals surface area contributed by atoms with Crippen molar-refractivity contribution in [1.29, 1.82) is 0 Å². The van der Waals surface area contributed by atoms with Gasteiger partial charge in [-0.2, -0.15) is 0 Å². The summed E-state index contributed by atoms with van der Waals surface area (Å²) in [6.07, 6.45) is 1.90. The molecular formula is C27H39N3O6S. The quantitative estimate of drug-likeness (QED) is 0.449. The van der Waals surface area contributed by atoms with Crippen molar-refractivity contribution < 1.29 is 27.5 Å². The highest BCUT2D eigenvalue weighted by Gasteiger charge is 2.33. The number of hydrogen-bond acceptors (Lipinski definition) is 6. The van der Waals surface area contributed by atoms with E-state index in [-0.39, 0.29) is 23.9 Å². The summed E-state index contributed by atoms with van der Waals surface area (Å²) in [5, 5.41) is 2.95. The Morgan fingerprint density at radius 3 is 2.19 bits per heavy atom. The van der Waals surface area contributed by atoms with Crippen molar-refractivity contribution in [3.05, 3.63) is 54.1 Å². The van der Waals surface area contributed by atoms with Crippen molar-refractivity contribution >= 4 is 27.5 Å². The van der Waals surface area contributed by atoms with E-state index >= 15 is 0 Å². The molecule has 2 aromatic rings. The molecule has 0 saturated carbocycles. The van der Waals surface area contributed by atoms with Gasteiger partial charge in [0.05, 0.1) is 26.2 Å². The van der Waals surface area contributed by atoms with Gasteiger partial charge >= 0.3 is 0 Å². The summed E-state index contributed by atoms with van der Waals surface area (Å²) in [5.74, 6) is -0.107. The van der Waals surface area contributed by atoms with Crippen LogP contribution in [0.4, 0.5) is 5.69 Å². The van der Waals surface area contributed by atoms with Crippen LogP contribution in [0.3, 0.4) is 0 Å². The molecule has 0 unspecified atom stereocenters. The lowest BCUT2D eigenvalue weighted by Crippen LogP contribution is -2.56. The van der Waals surface area contributed by atoms with E-state index in [0.717, 1.165) is 16.1 Å². The number of carbonyl (C=O) groups is 2. The molecular weight excluding hydrogens is 494 g/mol. The summed E-state index contributed by atoms with van der Waals surface area (Å²) >= 11 is 0. The zero-order chi connectivity index (χ0) is 27.8. The van der Waals surface area contributed by atoms with E-state index < -0.39 is 34.1 Å². The molecule has 0 saturated heterocycles. The van der Waals surface area contributed by atoms with Crippen molar-refractivity contribution in [2.24, 2.45) is 0 Å². The van der Waals surface area contributed by atoms with Gasteiger partial charge in [-0.25, -0.2) is 8.42 Å². The number of sulfonamides is 1. The molecule has 0 heterocycles. The second kappa shape index (κ2) is 12.8. The molecule has 0 spiro atoms. The number of nitrogens with zero attached hydrogens (tertiary/aromatic N) is 2. The van der Waals surface area contributed by atoms with Crippen LogP contribution in [0.1, 0.15) is 39.7 Å². The fourth-order valence-corrected chi connectivity index (χ4v) is 4.78. The molecule has 0 fully saturated rings. The van der Waals surface area contributed by atoms with E-state index in [0.29, 0.717) is 18.6 Å². The van der Waals surface area contributed by atoms with Gasteiger partial charge in [0.15, 0.2) is 0 Å². The van der Waals surface area contributed by atoms with Gasteiger partial charge in [-0.15, -0.1) is 0 Å². The van der Waals surface area contributed by atoms with E-state index in [2.05, 4.69) is 5.32 Å². The highest BCUT2D eigenvalue weighted by Crippen LogP contribution is 2.34. The third-order valence-electron chi connectivity index (χ3n) is 5.70. The van der Waals surface area contributed by atoms with E-state index in [1.165, 1.54) is 25.2 Å². The van der Waals surface area contributed by atoms with Crippen LogP contribution in [0.5, 0.6) is 11.5 Å². The van der Waals surface area contributed by atoms with Crippen molar-refractivity contribution in [2.75, 3.05) is 37.9 Å². The molecule has 0 bridgehead atoms. The van der Waals surface area contributed by atoms with Gasteiger partial charge in [0.1, 0.15) is 24.1 Å². The van der Waals surface area contributed by atoms with E-state index in [4.69, 9.17) is 9.47 Å². The number of benzene rings is 2. The molecule has 1 atom stereocenters. The highest BCUT2D eigenvalue weighted by atomic mass is 32.2. The summed E-state index contributed by atoms with van der Waals surface area (Å²) in [7, 11) is -1.02. The largest absolute Gasteiger partial charge is 0.497 e. The molecule has 10 heteroatoms. The van der Waals surface area contributed by atoms with E-state index in [9.17, 15) is 18.0 Å². The first-order chi connectivity index (χ1) is 17.3. The lowest BCUT2D eigenvalue weighted by Gasteiger charge is -2.34. The smallest absolute Gasteiger partial charge is 0.244 e. The van der Waals surface area contributed by atoms with E-state index in [1.807, 2.05) is 58.0 Å². The molecule has 0 aliphatic heterocycles. The molecule has 0 aliphatic carbocycles. The van der Waals surface area contributed by atoms with Crippen LogP contribution >= 0.6 is 0 Å². The molecule has 9 nitrogen and oxygen atoms in total. The zero-order valence-electron chi connectivity index (χ0n) is 22.8. The number of methoxy groups -OCH3 is 2. The third kappa shape index (κ3) is 8.66. The maximum absolute atomic E-state index is 13.8. The van der Waals surface area contributed by atoms with Crippen molar-refractivity contribution in [3.63, 3.8) is 0 Å². The predicted octanol–water partition coefficient (Wildman–Crippen LogP) is 3.23. The van der Waals surface area contributed by atoms with E-state index in [1.54, 1.807) is 12.1 Å². The fraction of sp³-hybridized carbons (Fsp3) is 0.481. The molecule has 0 radical (unpaired) electrons. The molecule has 2 rings (SSSR count). The molecule has 0 aromatic heterocycles. The van der Waals surface area contributed by atoms with Gasteiger partial charge in [-0.3, -0.25) is 13.9 Å². The Morgan fingerprint density at radius 2 is 1.68 bits per heavy atom. The predicted molar refractivity (Wildman–Crippen MR) is 146 cm³/mol. The summed E-state index contributed by atoms with van der Waals surface area (Å²) in [6, 6.07) is 13.6. The number of amides is 2. The Balaban J connectivity index is 2.47. The van der Waals surface area contributed by atoms with Crippen molar-refractivity contribution in [3.8, 4) is 11.5 Å². The SMILES string of the molecule is CC[C@@H](C(=O)NC(C)(C)C)N(CCc1ccccc1)C(=O)CN(c1cc(OC)ccc1OC)S(C)(=O)=O. The minimum absolute atomic E-state index is 0.174. The Kier molecular flexibility index (Phi) is 10.4. The van der Waals surface area contributed by atoms with Crippen LogP contribution in [0.2, 0.25) is 0 Å². The number of hydrogen-bond donors (Lipinski definition) is 1. The lowest BCUT2D eigenvalue weighted by molar-refractivity contribution is -0.140. The second-order valence-electron chi connectivity index (χ2n) is 9.79. The van der Waals surface area contributed by atoms with Gasteiger partial charge in [0.25, 0.3) is 0 Å². The standard InChI is InChI=1S/C27H39N3O6S/c1-8-22(26(32)28-27(2,3)4)29(17-16-20-12-10-9-11-13-20)25(31)19-30(37(7,33)34)23-18-21(35-5)14-15-24(23)36-6/h9-15,18,22H,8,16-17,19H2,1-7H3,(H,28,32)/t22-/m0/s1. The Bertz CT molecular complexity index is 1160. The topological polar surface area (TPSA) is 105 Å². The Hall–Kier alpha value is -3.27. The highest BCUT2D eigenvalue weighted by molar-refractivity contribution is 7.92. The first kappa shape index (κ1) is 30.0. The molecule has 2 aromatic carbocycles. The normalized spacial score (nSPS) is 12.4. The fourth-order valence-electron chi connectivity index (χ4n) is 3.94. The number of carbonyl (C=O) groups excluding carboxylic acids is 2. The van der Waals surface area contributed by atoms with Gasteiger partial charge in [0, 0.05) is 18.2 Å². The summed E-state index contributed by atoms with van der Waals surface area (Å²) < 4.78 is 37.4. The van der Waals surface area contributed by atoms with Gasteiger partial charge in [0.2, 0.25) is 21.8 Å². The number of ether oxygens (including phenoxy) is 2. The minimum Gasteiger partial charge on any atom is -0.497 e. The van der Waals surface area contributed by atoms with Crippen LogP contribution in [-0.4, -0.2) is 70.3 Å². The van der Waals surface area contributed by atoms with Crippen LogP contribution in [-0.2, 0) is 26.0 Å². The molecule has 37 heavy (non-hydrogen) atoms. The van der Waals surface area contributed by atoms with Gasteiger partial charge in [-0.05, 0) is 51.3 Å².